The van der Waals surface area contributed by atoms with Gasteiger partial charge in [-0.05, 0) is 19.1 Å². The van der Waals surface area contributed by atoms with Crippen molar-refractivity contribution in [2.45, 2.75) is 6.92 Å². The van der Waals surface area contributed by atoms with E-state index in [0.717, 1.165) is 0 Å². The molecule has 1 aromatic rings. The third kappa shape index (κ3) is 2.33. The normalized spacial score (nSPS) is 11.2. The summed E-state index contributed by atoms with van der Waals surface area (Å²) in [6, 6.07) is 3.34. The molecule has 0 saturated heterocycles. The Balaban J connectivity index is 3.01. The van der Waals surface area contributed by atoms with Crippen molar-refractivity contribution in [1.82, 2.24) is 10.3 Å². The maximum atomic E-state index is 11.7. The number of carbonyl (C=O) groups is 1. The molecule has 0 spiro atoms. The number of carbonyl (C=O) groups excluding carboxylic acids is 1. The Morgan fingerprint density at radius 3 is 2.93 bits per heavy atom. The van der Waals surface area contributed by atoms with Gasteiger partial charge in [0, 0.05) is 25.0 Å². The first-order chi connectivity index (χ1) is 6.66. The quantitative estimate of drug-likeness (QED) is 0.472. The molecule has 0 aliphatic heterocycles. The minimum absolute atomic E-state index is 0.113. The van der Waals surface area contributed by atoms with Gasteiger partial charge in [0.1, 0.15) is 5.15 Å². The summed E-state index contributed by atoms with van der Waals surface area (Å²) in [5, 5.41) is 3.03. The minimum Gasteiger partial charge on any atom is -0.394 e. The van der Waals surface area contributed by atoms with Crippen LogP contribution in [0.4, 0.5) is 0 Å². The Bertz CT molecular complexity index is 374. The smallest absolute Gasteiger partial charge is 0.193 e. The van der Waals surface area contributed by atoms with Crippen LogP contribution in [0.1, 0.15) is 17.3 Å². The number of allylic oxidation sites excluding steroid dienone is 1. The second-order valence-electron chi connectivity index (χ2n) is 2.79. The number of aromatic nitrogens is 1. The van der Waals surface area contributed by atoms with Crippen LogP contribution in [0, 0.1) is 0 Å². The molecule has 0 atom stereocenters. The summed E-state index contributed by atoms with van der Waals surface area (Å²) in [6.45, 7) is 1.72. The maximum Gasteiger partial charge on any atom is 0.193 e. The van der Waals surface area contributed by atoms with Gasteiger partial charge in [-0.3, -0.25) is 4.79 Å². The summed E-state index contributed by atoms with van der Waals surface area (Å²) in [6.07, 6.45) is 3.18. The monoisotopic (exact) mass is 210 g/mol. The van der Waals surface area contributed by atoms with Crippen molar-refractivity contribution in [2.24, 2.45) is 0 Å². The molecule has 0 amide bonds. The number of hydrogen-bond donors (Lipinski definition) is 1. The van der Waals surface area contributed by atoms with E-state index in [2.05, 4.69) is 10.3 Å². The molecule has 0 aliphatic carbocycles. The van der Waals surface area contributed by atoms with Gasteiger partial charge < -0.3 is 5.32 Å². The Kier molecular flexibility index (Phi) is 3.65. The largest absolute Gasteiger partial charge is 0.394 e. The van der Waals surface area contributed by atoms with E-state index in [1.807, 2.05) is 0 Å². The summed E-state index contributed by atoms with van der Waals surface area (Å²) >= 11 is 5.78. The van der Waals surface area contributed by atoms with Crippen molar-refractivity contribution in [3.8, 4) is 0 Å². The molecule has 1 heterocycles. The van der Waals surface area contributed by atoms with Crippen LogP contribution in [-0.4, -0.2) is 17.8 Å². The Labute approximate surface area is 87.8 Å². The van der Waals surface area contributed by atoms with Crippen LogP contribution in [0.3, 0.4) is 0 Å². The highest BCUT2D eigenvalue weighted by atomic mass is 35.5. The number of ketones is 1. The lowest BCUT2D eigenvalue weighted by Crippen LogP contribution is -2.06. The predicted molar refractivity (Wildman–Crippen MR) is 56.4 cm³/mol. The highest BCUT2D eigenvalue weighted by molar-refractivity contribution is 6.33. The van der Waals surface area contributed by atoms with E-state index in [1.54, 1.807) is 38.5 Å². The van der Waals surface area contributed by atoms with Gasteiger partial charge in [-0.2, -0.15) is 0 Å². The van der Waals surface area contributed by atoms with Crippen molar-refractivity contribution < 1.29 is 4.79 Å². The summed E-state index contributed by atoms with van der Waals surface area (Å²) in [7, 11) is 1.74. The molecule has 0 aliphatic rings. The fourth-order valence-corrected chi connectivity index (χ4v) is 1.26. The van der Waals surface area contributed by atoms with Crippen LogP contribution in [-0.2, 0) is 0 Å². The fraction of sp³-hybridized carbons (Fsp3) is 0.200. The van der Waals surface area contributed by atoms with Crippen LogP contribution in [0.25, 0.3) is 0 Å². The number of nitrogens with one attached hydrogen (secondary N) is 1. The van der Waals surface area contributed by atoms with Gasteiger partial charge in [-0.15, -0.1) is 0 Å². The van der Waals surface area contributed by atoms with E-state index >= 15 is 0 Å². The molecule has 0 unspecified atom stereocenters. The second-order valence-corrected chi connectivity index (χ2v) is 3.14. The molecule has 3 nitrogen and oxygen atoms in total. The predicted octanol–water partition coefficient (Wildman–Crippen LogP) is 2.04. The third-order valence-electron chi connectivity index (χ3n) is 1.72. The highest BCUT2D eigenvalue weighted by Crippen LogP contribution is 2.15. The van der Waals surface area contributed by atoms with E-state index in [0.29, 0.717) is 11.1 Å². The average molecular weight is 211 g/mol. The molecular weight excluding hydrogens is 200 g/mol. The van der Waals surface area contributed by atoms with Crippen molar-refractivity contribution in [1.29, 1.82) is 0 Å². The number of rotatable bonds is 3. The van der Waals surface area contributed by atoms with E-state index < -0.39 is 0 Å². The zero-order valence-electron chi connectivity index (χ0n) is 8.04. The molecule has 74 valence electrons. The Hall–Kier alpha value is -1.35. The number of Topliss-reactive ketones (excluding diaryl/α,β-unsaturated/α-hetero) is 1. The second kappa shape index (κ2) is 4.77. The number of pyridine rings is 1. The van der Waals surface area contributed by atoms with Crippen LogP contribution in [0.2, 0.25) is 5.15 Å². The Morgan fingerprint density at radius 1 is 1.64 bits per heavy atom. The first-order valence-electron chi connectivity index (χ1n) is 4.16. The highest BCUT2D eigenvalue weighted by Gasteiger charge is 2.11. The molecule has 1 aromatic heterocycles. The van der Waals surface area contributed by atoms with Gasteiger partial charge in [-0.1, -0.05) is 11.6 Å². The first kappa shape index (κ1) is 10.7. The van der Waals surface area contributed by atoms with Gasteiger partial charge in [0.05, 0.1) is 5.56 Å². The topological polar surface area (TPSA) is 42.0 Å². The minimum atomic E-state index is -0.113. The van der Waals surface area contributed by atoms with Crippen LogP contribution >= 0.6 is 11.6 Å². The van der Waals surface area contributed by atoms with E-state index in [-0.39, 0.29) is 10.9 Å². The molecule has 0 saturated carbocycles. The fourth-order valence-electron chi connectivity index (χ4n) is 1.05. The lowest BCUT2D eigenvalue weighted by Gasteiger charge is -2.02. The number of halogens is 1. The van der Waals surface area contributed by atoms with E-state index in [9.17, 15) is 4.79 Å². The third-order valence-corrected chi connectivity index (χ3v) is 2.02. The van der Waals surface area contributed by atoms with E-state index in [4.69, 9.17) is 11.6 Å². The zero-order valence-corrected chi connectivity index (χ0v) is 8.80. The summed E-state index contributed by atoms with van der Waals surface area (Å²) < 4.78 is 0. The molecule has 4 heteroatoms. The molecule has 1 N–H and O–H groups in total. The van der Waals surface area contributed by atoms with Gasteiger partial charge in [0.25, 0.3) is 0 Å². The zero-order chi connectivity index (χ0) is 10.6. The van der Waals surface area contributed by atoms with Crippen LogP contribution in [0.15, 0.2) is 30.1 Å². The summed E-state index contributed by atoms with van der Waals surface area (Å²) in [4.78, 5) is 15.6. The molecule has 0 aromatic carbocycles. The lowest BCUT2D eigenvalue weighted by molar-refractivity contribution is 0.103. The van der Waals surface area contributed by atoms with E-state index in [1.165, 1.54) is 0 Å². The number of hydrogen-bond acceptors (Lipinski definition) is 3. The molecular formula is C10H11ClN2O. The van der Waals surface area contributed by atoms with Crippen molar-refractivity contribution in [2.75, 3.05) is 7.05 Å². The van der Waals surface area contributed by atoms with Crippen molar-refractivity contribution in [3.05, 3.63) is 40.8 Å². The standard InChI is InChI=1S/C10H11ClN2O/c1-7(6-12-2)9(14)8-4-3-5-13-10(8)11/h3-6,12H,1-2H3/b7-6+. The van der Waals surface area contributed by atoms with Gasteiger partial charge in [-0.25, -0.2) is 4.98 Å². The first-order valence-corrected chi connectivity index (χ1v) is 4.54. The Morgan fingerprint density at radius 2 is 2.36 bits per heavy atom. The molecule has 0 radical (unpaired) electrons. The van der Waals surface area contributed by atoms with Gasteiger partial charge in [0.2, 0.25) is 0 Å². The SMILES string of the molecule is CN/C=C(\C)C(=O)c1cccnc1Cl. The summed E-state index contributed by atoms with van der Waals surface area (Å²) in [5.41, 5.74) is 1.03. The molecule has 14 heavy (non-hydrogen) atoms. The van der Waals surface area contributed by atoms with Gasteiger partial charge >= 0.3 is 0 Å². The number of nitrogens with zero attached hydrogens (tertiary/aromatic N) is 1. The van der Waals surface area contributed by atoms with Crippen molar-refractivity contribution >= 4 is 17.4 Å². The van der Waals surface area contributed by atoms with Crippen molar-refractivity contribution in [3.63, 3.8) is 0 Å². The lowest BCUT2D eigenvalue weighted by atomic mass is 10.1. The maximum absolute atomic E-state index is 11.7. The van der Waals surface area contributed by atoms with Gasteiger partial charge in [0.15, 0.2) is 5.78 Å². The van der Waals surface area contributed by atoms with Crippen LogP contribution < -0.4 is 5.32 Å². The molecule has 1 rings (SSSR count). The van der Waals surface area contributed by atoms with Crippen LogP contribution in [0.5, 0.6) is 0 Å². The summed E-state index contributed by atoms with van der Waals surface area (Å²) in [5.74, 6) is -0.113. The average Bonchev–Trinajstić information content (AvgIpc) is 2.18. The molecule has 0 bridgehead atoms. The molecule has 0 fully saturated rings.